The minimum atomic E-state index is -0.0371. The van der Waals surface area contributed by atoms with Gasteiger partial charge in [-0.25, -0.2) is 4.98 Å². The fourth-order valence-electron chi connectivity index (χ4n) is 2.75. The van der Waals surface area contributed by atoms with Crippen LogP contribution < -0.4 is 10.6 Å². The number of aromatic nitrogens is 2. The van der Waals surface area contributed by atoms with E-state index >= 15 is 0 Å². The summed E-state index contributed by atoms with van der Waals surface area (Å²) in [6.45, 7) is 6.24. The quantitative estimate of drug-likeness (QED) is 0.597. The second-order valence-corrected chi connectivity index (χ2v) is 6.09. The summed E-state index contributed by atoms with van der Waals surface area (Å²) in [6, 6.07) is 7.81. The van der Waals surface area contributed by atoms with Gasteiger partial charge in [-0.05, 0) is 31.9 Å². The predicted molar refractivity (Wildman–Crippen MR) is 101 cm³/mol. The maximum atomic E-state index is 12.3. The smallest absolute Gasteiger partial charge is 0.240 e. The zero-order valence-corrected chi connectivity index (χ0v) is 15.6. The van der Waals surface area contributed by atoms with Crippen LogP contribution in [0.5, 0.6) is 0 Å². The van der Waals surface area contributed by atoms with Crippen LogP contribution in [0.4, 0.5) is 0 Å². The number of benzene rings is 1. The van der Waals surface area contributed by atoms with Crippen LogP contribution in [0.2, 0.25) is 0 Å². The number of aryl methyl sites for hydroxylation is 1. The number of hydrogen-bond acceptors (Lipinski definition) is 4. The van der Waals surface area contributed by atoms with Gasteiger partial charge in [0, 0.05) is 39.6 Å². The molecule has 7 nitrogen and oxygen atoms in total. The Bertz CT molecular complexity index is 727. The van der Waals surface area contributed by atoms with Crippen molar-refractivity contribution in [1.82, 2.24) is 20.2 Å². The molecule has 2 rings (SSSR count). The van der Waals surface area contributed by atoms with Gasteiger partial charge in [0.05, 0.1) is 11.0 Å². The van der Waals surface area contributed by atoms with Crippen LogP contribution in [0.15, 0.2) is 24.3 Å². The molecule has 1 aromatic carbocycles. The molecule has 2 N–H and O–H groups in total. The molecule has 0 fully saturated rings. The summed E-state index contributed by atoms with van der Waals surface area (Å²) in [7, 11) is 0. The van der Waals surface area contributed by atoms with E-state index < -0.39 is 0 Å². The number of nitrogens with zero attached hydrogens (tertiary/aromatic N) is 2. The lowest BCUT2D eigenvalue weighted by molar-refractivity contribution is -0.121. The van der Waals surface area contributed by atoms with Crippen LogP contribution in [-0.4, -0.2) is 47.7 Å². The summed E-state index contributed by atoms with van der Waals surface area (Å²) in [5.41, 5.74) is 1.83. The Hall–Kier alpha value is -2.41. The van der Waals surface area contributed by atoms with Gasteiger partial charge in [0.1, 0.15) is 12.4 Å². The van der Waals surface area contributed by atoms with E-state index in [0.29, 0.717) is 32.7 Å². The van der Waals surface area contributed by atoms with Crippen molar-refractivity contribution >= 4 is 22.8 Å². The van der Waals surface area contributed by atoms with Gasteiger partial charge in [0.25, 0.3) is 0 Å². The molecule has 0 spiro atoms. The van der Waals surface area contributed by atoms with Crippen molar-refractivity contribution in [3.63, 3.8) is 0 Å². The summed E-state index contributed by atoms with van der Waals surface area (Å²) in [5, 5.41) is 5.72. The van der Waals surface area contributed by atoms with E-state index in [1.54, 1.807) is 0 Å². The Morgan fingerprint density at radius 2 is 1.92 bits per heavy atom. The number of nitrogens with one attached hydrogen (secondary N) is 2. The van der Waals surface area contributed by atoms with E-state index in [1.165, 1.54) is 6.92 Å². The molecular weight excluding hydrogens is 332 g/mol. The Labute approximate surface area is 154 Å². The molecular formula is C19H28N4O3. The third-order valence-electron chi connectivity index (χ3n) is 3.98. The average molecular weight is 360 g/mol. The lowest BCUT2D eigenvalue weighted by atomic mass is 10.3. The third-order valence-corrected chi connectivity index (χ3v) is 3.98. The molecule has 0 aliphatic carbocycles. The van der Waals surface area contributed by atoms with Crippen molar-refractivity contribution in [1.29, 1.82) is 0 Å². The number of amides is 2. The second-order valence-electron chi connectivity index (χ2n) is 6.09. The molecule has 1 aromatic heterocycles. The number of hydrogen-bond donors (Lipinski definition) is 2. The Morgan fingerprint density at radius 1 is 1.15 bits per heavy atom. The van der Waals surface area contributed by atoms with E-state index in [0.717, 1.165) is 29.7 Å². The fourth-order valence-corrected chi connectivity index (χ4v) is 2.75. The SMILES string of the molecule is CCOCCCNC(=O)Cn1c(CCCNC(C)=O)nc2ccccc21. The molecule has 0 aliphatic heterocycles. The molecule has 0 bridgehead atoms. The van der Waals surface area contributed by atoms with Crippen molar-refractivity contribution in [2.24, 2.45) is 0 Å². The summed E-state index contributed by atoms with van der Waals surface area (Å²) in [6.07, 6.45) is 2.28. The fraction of sp³-hybridized carbons (Fsp3) is 0.526. The topological polar surface area (TPSA) is 85.2 Å². The van der Waals surface area contributed by atoms with Crippen LogP contribution in [0.1, 0.15) is 32.5 Å². The number of carbonyl (C=O) groups excluding carboxylic acids is 2. The standard InChI is InChI=1S/C19H28N4O3/c1-3-26-13-7-12-21-19(25)14-23-17-9-5-4-8-16(17)22-18(23)10-6-11-20-15(2)24/h4-5,8-9H,3,6-7,10-14H2,1-2H3,(H,20,24)(H,21,25). The highest BCUT2D eigenvalue weighted by Crippen LogP contribution is 2.17. The van der Waals surface area contributed by atoms with Gasteiger partial charge in [-0.2, -0.15) is 0 Å². The molecule has 26 heavy (non-hydrogen) atoms. The van der Waals surface area contributed by atoms with Crippen molar-refractivity contribution in [2.75, 3.05) is 26.3 Å². The monoisotopic (exact) mass is 360 g/mol. The molecule has 2 amide bonds. The predicted octanol–water partition coefficient (Wildman–Crippen LogP) is 1.65. The molecule has 2 aromatic rings. The lowest BCUT2D eigenvalue weighted by Gasteiger charge is -2.10. The van der Waals surface area contributed by atoms with Gasteiger partial charge in [-0.3, -0.25) is 9.59 Å². The largest absolute Gasteiger partial charge is 0.382 e. The minimum Gasteiger partial charge on any atom is -0.382 e. The number of rotatable bonds is 11. The van der Waals surface area contributed by atoms with Crippen LogP contribution in [0.3, 0.4) is 0 Å². The first-order valence-electron chi connectivity index (χ1n) is 9.14. The van der Waals surface area contributed by atoms with E-state index in [2.05, 4.69) is 15.6 Å². The number of imidazole rings is 1. The van der Waals surface area contributed by atoms with Gasteiger partial charge in [0.15, 0.2) is 0 Å². The van der Waals surface area contributed by atoms with Gasteiger partial charge < -0.3 is 19.9 Å². The van der Waals surface area contributed by atoms with E-state index in [1.807, 2.05) is 35.8 Å². The van der Waals surface area contributed by atoms with Gasteiger partial charge in [-0.1, -0.05) is 12.1 Å². The van der Waals surface area contributed by atoms with Crippen molar-refractivity contribution in [2.45, 2.75) is 39.7 Å². The van der Waals surface area contributed by atoms with Crippen LogP contribution in [0.25, 0.3) is 11.0 Å². The van der Waals surface area contributed by atoms with Crippen LogP contribution in [-0.2, 0) is 27.3 Å². The number of fused-ring (bicyclic) bond motifs is 1. The summed E-state index contributed by atoms with van der Waals surface area (Å²) in [4.78, 5) is 27.9. The van der Waals surface area contributed by atoms with Crippen molar-refractivity contribution in [3.8, 4) is 0 Å². The third kappa shape index (κ3) is 6.15. The van der Waals surface area contributed by atoms with Crippen LogP contribution in [0, 0.1) is 0 Å². The van der Waals surface area contributed by atoms with E-state index in [-0.39, 0.29) is 18.4 Å². The van der Waals surface area contributed by atoms with Gasteiger partial charge >= 0.3 is 0 Å². The first-order valence-corrected chi connectivity index (χ1v) is 9.14. The minimum absolute atomic E-state index is 0.0345. The zero-order chi connectivity index (χ0) is 18.8. The van der Waals surface area contributed by atoms with E-state index in [4.69, 9.17) is 4.74 Å². The maximum absolute atomic E-state index is 12.3. The molecule has 0 saturated heterocycles. The number of ether oxygens (including phenoxy) is 1. The highest BCUT2D eigenvalue weighted by atomic mass is 16.5. The summed E-state index contributed by atoms with van der Waals surface area (Å²) in [5.74, 6) is 0.790. The molecule has 0 unspecified atom stereocenters. The molecule has 1 heterocycles. The highest BCUT2D eigenvalue weighted by molar-refractivity contribution is 5.81. The highest BCUT2D eigenvalue weighted by Gasteiger charge is 2.13. The first-order chi connectivity index (χ1) is 12.6. The molecule has 0 aliphatic rings. The normalized spacial score (nSPS) is 10.8. The number of carbonyl (C=O) groups is 2. The first kappa shape index (κ1) is 19.9. The maximum Gasteiger partial charge on any atom is 0.240 e. The van der Waals surface area contributed by atoms with Crippen molar-refractivity contribution in [3.05, 3.63) is 30.1 Å². The molecule has 0 saturated carbocycles. The Balaban J connectivity index is 1.98. The Morgan fingerprint density at radius 3 is 2.69 bits per heavy atom. The van der Waals surface area contributed by atoms with Gasteiger partial charge in [0.2, 0.25) is 11.8 Å². The van der Waals surface area contributed by atoms with E-state index in [9.17, 15) is 9.59 Å². The lowest BCUT2D eigenvalue weighted by Crippen LogP contribution is -2.29. The zero-order valence-electron chi connectivity index (χ0n) is 15.6. The Kier molecular flexibility index (Phi) is 8.08. The molecule has 0 atom stereocenters. The van der Waals surface area contributed by atoms with Crippen LogP contribution >= 0.6 is 0 Å². The van der Waals surface area contributed by atoms with Gasteiger partial charge in [-0.15, -0.1) is 0 Å². The second kappa shape index (κ2) is 10.6. The molecule has 142 valence electrons. The summed E-state index contributed by atoms with van der Waals surface area (Å²) >= 11 is 0. The summed E-state index contributed by atoms with van der Waals surface area (Å²) < 4.78 is 7.23. The molecule has 7 heteroatoms. The number of para-hydroxylation sites is 2. The average Bonchev–Trinajstić information content (AvgIpc) is 2.96. The van der Waals surface area contributed by atoms with Crippen molar-refractivity contribution < 1.29 is 14.3 Å². The molecule has 0 radical (unpaired) electrons.